The Morgan fingerprint density at radius 3 is 1.11 bits per heavy atom. The standard InChI is InChI=1S/C14H14OSi.C12H8Cl2Si.Bi.3ClH/c1-15-16(2)13-9-5-3-7-11(13)12-8-4-6-10-14(12)16;13-15(14)11-7-3-1-5-9(11)10-6-2-4-8-12(10)15;;;;/h3-10H,1-2H3;1-8H;;3*1H/q;;+3;;;/p-3. The fraction of sp³-hybridized carbons (Fsp3) is 0.0769. The molecule has 180 valence electrons. The normalized spacial score (nSPS) is 15.0. The van der Waals surface area contributed by atoms with Gasteiger partial charge in [0.1, 0.15) is 0 Å². The SMILES string of the molecule is CO[Si]1(C)c2ccccc2-c2ccccc21.Cl[Si]1(Cl)c2ccccc2-c2ccccc21.[Cl][Bi]([Cl])[Cl]. The molecule has 1 nitrogen and oxygen atoms in total. The van der Waals surface area contributed by atoms with Gasteiger partial charge in [0.25, 0.3) is 8.32 Å². The molecule has 2 aliphatic rings. The molecule has 2 aliphatic heterocycles. The summed E-state index contributed by atoms with van der Waals surface area (Å²) in [5.41, 5.74) is 5.11. The summed E-state index contributed by atoms with van der Waals surface area (Å²) in [7, 11) is 15.0. The summed E-state index contributed by atoms with van der Waals surface area (Å²) in [6.07, 6.45) is 0. The first-order valence-electron chi connectivity index (χ1n) is 10.8. The van der Waals surface area contributed by atoms with Gasteiger partial charge in [-0.2, -0.15) is 0 Å². The van der Waals surface area contributed by atoms with Crippen molar-refractivity contribution in [2.75, 3.05) is 7.11 Å². The molecule has 0 saturated carbocycles. The molecule has 0 aromatic heterocycles. The van der Waals surface area contributed by atoms with Gasteiger partial charge in [-0.3, -0.25) is 0 Å². The quantitative estimate of drug-likeness (QED) is 0.161. The predicted octanol–water partition coefficient (Wildman–Crippen LogP) is 6.39. The zero-order valence-electron chi connectivity index (χ0n) is 19.0. The van der Waals surface area contributed by atoms with E-state index in [1.807, 2.05) is 43.5 Å². The van der Waals surface area contributed by atoms with E-state index in [-0.39, 0.29) is 0 Å². The molecule has 0 spiro atoms. The zero-order valence-corrected chi connectivity index (χ0v) is 28.2. The molecule has 6 rings (SSSR count). The molecule has 2 heterocycles. The second-order valence-electron chi connectivity index (χ2n) is 8.19. The maximum atomic E-state index is 6.53. The van der Waals surface area contributed by atoms with E-state index in [1.54, 1.807) is 0 Å². The van der Waals surface area contributed by atoms with E-state index in [2.05, 4.69) is 67.2 Å². The minimum absolute atomic E-state index is 1.12. The molecule has 0 N–H and O–H groups in total. The molecule has 0 amide bonds. The number of fused-ring (bicyclic) bond motifs is 6. The third-order valence-electron chi connectivity index (χ3n) is 6.40. The zero-order chi connectivity index (χ0) is 25.2. The molecule has 0 atom stereocenters. The van der Waals surface area contributed by atoms with Crippen molar-refractivity contribution >= 4 is 102 Å². The van der Waals surface area contributed by atoms with Crippen molar-refractivity contribution in [1.82, 2.24) is 0 Å². The average Bonchev–Trinajstić information content (AvgIpc) is 3.27. The Labute approximate surface area is 236 Å². The molecule has 4 aromatic carbocycles. The number of hydrogen-bond acceptors (Lipinski definition) is 1. The Balaban J connectivity index is 0.000000144. The molecule has 0 radical (unpaired) electrons. The minimum atomic E-state index is -2.44. The van der Waals surface area contributed by atoms with Gasteiger partial charge in [-0.05, 0) is 49.5 Å². The molecule has 0 fully saturated rings. The van der Waals surface area contributed by atoms with Crippen LogP contribution in [0.1, 0.15) is 0 Å². The van der Waals surface area contributed by atoms with Crippen molar-refractivity contribution in [3.05, 3.63) is 97.1 Å². The van der Waals surface area contributed by atoms with Crippen LogP contribution in [0.15, 0.2) is 97.1 Å². The number of halogens is 5. The van der Waals surface area contributed by atoms with Crippen LogP contribution >= 0.6 is 47.7 Å². The van der Waals surface area contributed by atoms with Crippen LogP contribution in [-0.4, -0.2) is 40.3 Å². The summed E-state index contributed by atoms with van der Waals surface area (Å²) >= 11 is 10.9. The maximum absolute atomic E-state index is 6.53. The van der Waals surface area contributed by atoms with Crippen LogP contribution in [0.3, 0.4) is 0 Å². The topological polar surface area (TPSA) is 9.23 Å². The molecule has 9 heteroatoms. The summed E-state index contributed by atoms with van der Waals surface area (Å²) in [6.45, 7) is -0.162. The second kappa shape index (κ2) is 11.6. The Morgan fingerprint density at radius 2 is 0.800 bits per heavy atom. The molecule has 0 saturated heterocycles. The third kappa shape index (κ3) is 5.43. The van der Waals surface area contributed by atoms with Gasteiger partial charge in [0.2, 0.25) is 0 Å². The van der Waals surface area contributed by atoms with Crippen LogP contribution in [-0.2, 0) is 4.43 Å². The van der Waals surface area contributed by atoms with Gasteiger partial charge >= 0.3 is 50.4 Å². The monoisotopic (exact) mass is 790 g/mol. The van der Waals surface area contributed by atoms with E-state index in [4.69, 9.17) is 52.1 Å². The van der Waals surface area contributed by atoms with Gasteiger partial charge in [-0.1, -0.05) is 97.1 Å². The Hall–Kier alpha value is -0.393. The molecule has 4 aromatic rings. The van der Waals surface area contributed by atoms with Crippen LogP contribution in [0, 0.1) is 0 Å². The summed E-state index contributed by atoms with van der Waals surface area (Å²) in [5.74, 6) is 0. The Kier molecular flexibility index (Phi) is 9.12. The van der Waals surface area contributed by atoms with E-state index in [0.29, 0.717) is 0 Å². The van der Waals surface area contributed by atoms with Gasteiger partial charge in [0, 0.05) is 7.11 Å². The van der Waals surface area contributed by atoms with E-state index >= 15 is 0 Å². The third-order valence-corrected chi connectivity index (χ3v) is 14.8. The first-order valence-corrected chi connectivity index (χ1v) is 30.1. The van der Waals surface area contributed by atoms with Gasteiger partial charge in [-0.25, -0.2) is 0 Å². The molecular weight excluding hydrogens is 771 g/mol. The van der Waals surface area contributed by atoms with E-state index in [9.17, 15) is 0 Å². The second-order valence-corrected chi connectivity index (χ2v) is 32.9. The van der Waals surface area contributed by atoms with Crippen LogP contribution in [0.4, 0.5) is 0 Å². The first kappa shape index (κ1) is 27.6. The molecule has 0 bridgehead atoms. The summed E-state index contributed by atoms with van der Waals surface area (Å²) < 4.78 is 5.89. The summed E-state index contributed by atoms with van der Waals surface area (Å²) in [6, 6.07) is 33.6. The van der Waals surface area contributed by atoms with Crippen molar-refractivity contribution in [2.24, 2.45) is 0 Å². The number of rotatable bonds is 1. The van der Waals surface area contributed by atoms with Gasteiger partial charge in [0.05, 0.1) is 0 Å². The summed E-state index contributed by atoms with van der Waals surface area (Å²) in [5, 5.41) is 5.04. The molecule has 35 heavy (non-hydrogen) atoms. The van der Waals surface area contributed by atoms with Gasteiger partial charge < -0.3 is 4.43 Å². The molecule has 0 aliphatic carbocycles. The van der Waals surface area contributed by atoms with Gasteiger partial charge in [-0.15, -0.1) is 22.2 Å². The average molecular weight is 793 g/mol. The fourth-order valence-electron chi connectivity index (χ4n) is 4.76. The molecule has 0 unspecified atom stereocenters. The molecular formula is C26H22BiCl5OSi2. The fourth-order valence-corrected chi connectivity index (χ4v) is 11.8. The van der Waals surface area contributed by atoms with Gasteiger partial charge in [0.15, 0.2) is 0 Å². The van der Waals surface area contributed by atoms with Crippen LogP contribution in [0.2, 0.25) is 6.55 Å². The summed E-state index contributed by atoms with van der Waals surface area (Å²) in [4.78, 5) is 0. The number of hydrogen-bond donors (Lipinski definition) is 0. The van der Waals surface area contributed by atoms with Crippen molar-refractivity contribution in [1.29, 1.82) is 0 Å². The van der Waals surface area contributed by atoms with Crippen LogP contribution in [0.5, 0.6) is 0 Å². The van der Waals surface area contributed by atoms with E-state index in [0.717, 1.165) is 10.4 Å². The van der Waals surface area contributed by atoms with Crippen molar-refractivity contribution in [2.45, 2.75) is 6.55 Å². The van der Waals surface area contributed by atoms with Crippen molar-refractivity contribution < 1.29 is 4.43 Å². The van der Waals surface area contributed by atoms with Crippen molar-refractivity contribution in [3.63, 3.8) is 0 Å². The van der Waals surface area contributed by atoms with Crippen molar-refractivity contribution in [3.8, 4) is 22.3 Å². The van der Waals surface area contributed by atoms with Crippen LogP contribution in [0.25, 0.3) is 22.3 Å². The number of benzene rings is 4. The van der Waals surface area contributed by atoms with E-state index < -0.39 is 33.2 Å². The van der Waals surface area contributed by atoms with E-state index in [1.165, 1.54) is 32.6 Å². The Bertz CT molecular complexity index is 1250. The predicted molar refractivity (Wildman–Crippen MR) is 162 cm³/mol. The van der Waals surface area contributed by atoms with Crippen LogP contribution < -0.4 is 20.7 Å². The Morgan fingerprint density at radius 1 is 0.543 bits per heavy atom. The first-order chi connectivity index (χ1) is 16.7.